The first-order chi connectivity index (χ1) is 4.18. The SMILES string of the molecule is C[C@H](C[B]C=O)C(=O)O. The highest BCUT2D eigenvalue weighted by Crippen LogP contribution is 1.99. The average Bonchev–Trinajstić information content (AvgIpc) is 1.82. The Balaban J connectivity index is 3.37. The van der Waals surface area contributed by atoms with Gasteiger partial charge in [-0.1, -0.05) is 13.2 Å². The molecule has 0 bridgehead atoms. The summed E-state index contributed by atoms with van der Waals surface area (Å²) in [4.78, 5) is 19.8. The lowest BCUT2D eigenvalue weighted by molar-refractivity contribution is -0.140. The third-order valence-corrected chi connectivity index (χ3v) is 1.01. The summed E-state index contributed by atoms with van der Waals surface area (Å²) in [6.07, 6.45) is 0.929. The molecule has 0 fully saturated rings. The fourth-order valence-electron chi connectivity index (χ4n) is 0.360. The van der Waals surface area contributed by atoms with E-state index in [0.29, 0.717) is 12.5 Å². The standard InChI is InChI=1S/C5H8BO3/c1-4(5(8)9)2-6-3-7/h3-4H,2H2,1H3,(H,8,9)/t4-/m1/s1. The smallest absolute Gasteiger partial charge is 0.305 e. The van der Waals surface area contributed by atoms with Gasteiger partial charge in [0.2, 0.25) is 0 Å². The van der Waals surface area contributed by atoms with Crippen molar-refractivity contribution in [3.8, 4) is 0 Å². The van der Waals surface area contributed by atoms with Crippen LogP contribution in [0.2, 0.25) is 6.32 Å². The van der Waals surface area contributed by atoms with Crippen LogP contribution in [0, 0.1) is 5.92 Å². The molecular weight excluding hydrogens is 119 g/mol. The van der Waals surface area contributed by atoms with Crippen LogP contribution in [-0.4, -0.2) is 24.5 Å². The van der Waals surface area contributed by atoms with Crippen LogP contribution in [0.25, 0.3) is 0 Å². The number of carbonyl (C=O) groups is 2. The molecule has 0 amide bonds. The van der Waals surface area contributed by atoms with Gasteiger partial charge in [0.1, 0.15) is 0 Å². The molecule has 0 rings (SSSR count). The molecule has 0 aliphatic heterocycles. The van der Waals surface area contributed by atoms with Crippen LogP contribution in [0.3, 0.4) is 0 Å². The normalized spacial score (nSPS) is 12.1. The van der Waals surface area contributed by atoms with Crippen molar-refractivity contribution in [2.75, 3.05) is 0 Å². The maximum absolute atomic E-state index is 10.1. The Bertz CT molecular complexity index is 113. The molecule has 0 unspecified atom stereocenters. The summed E-state index contributed by atoms with van der Waals surface area (Å²) < 4.78 is 0. The molecule has 9 heavy (non-hydrogen) atoms. The molecule has 4 heteroatoms. The summed E-state index contributed by atoms with van der Waals surface area (Å²) in [5.74, 6) is -1.32. The van der Waals surface area contributed by atoms with E-state index in [1.165, 1.54) is 7.28 Å². The van der Waals surface area contributed by atoms with Crippen molar-refractivity contribution in [2.24, 2.45) is 5.92 Å². The van der Waals surface area contributed by atoms with E-state index < -0.39 is 11.9 Å². The van der Waals surface area contributed by atoms with E-state index in [0.717, 1.165) is 0 Å². The molecule has 1 atom stereocenters. The zero-order chi connectivity index (χ0) is 7.28. The Labute approximate surface area is 54.3 Å². The quantitative estimate of drug-likeness (QED) is 0.427. The second-order valence-electron chi connectivity index (χ2n) is 1.85. The van der Waals surface area contributed by atoms with Crippen molar-refractivity contribution in [3.63, 3.8) is 0 Å². The van der Waals surface area contributed by atoms with E-state index in [1.54, 1.807) is 6.92 Å². The van der Waals surface area contributed by atoms with Crippen LogP contribution in [0.1, 0.15) is 6.92 Å². The molecule has 0 aromatic heterocycles. The minimum Gasteiger partial charge on any atom is -0.481 e. The molecule has 0 saturated carbocycles. The van der Waals surface area contributed by atoms with Gasteiger partial charge in [-0.2, -0.15) is 0 Å². The van der Waals surface area contributed by atoms with E-state index >= 15 is 0 Å². The van der Waals surface area contributed by atoms with Crippen molar-refractivity contribution in [1.82, 2.24) is 0 Å². The maximum Gasteiger partial charge on any atom is 0.305 e. The number of hydrogen-bond donors (Lipinski definition) is 1. The highest BCUT2D eigenvalue weighted by molar-refractivity contribution is 6.66. The average molecular weight is 127 g/mol. The van der Waals surface area contributed by atoms with Crippen LogP contribution < -0.4 is 0 Å². The summed E-state index contributed by atoms with van der Waals surface area (Å²) in [7, 11) is 1.30. The van der Waals surface area contributed by atoms with Gasteiger partial charge in [0.15, 0.2) is 7.28 Å². The first-order valence-corrected chi connectivity index (χ1v) is 2.68. The molecule has 0 spiro atoms. The zero-order valence-electron chi connectivity index (χ0n) is 5.20. The molecule has 0 saturated heterocycles. The Morgan fingerprint density at radius 3 is 2.78 bits per heavy atom. The fourth-order valence-corrected chi connectivity index (χ4v) is 0.360. The zero-order valence-corrected chi connectivity index (χ0v) is 5.20. The highest BCUT2D eigenvalue weighted by Gasteiger charge is 2.09. The molecule has 49 valence electrons. The van der Waals surface area contributed by atoms with Crippen LogP contribution in [-0.2, 0) is 9.59 Å². The molecule has 1 radical (unpaired) electrons. The van der Waals surface area contributed by atoms with Gasteiger partial charge in [-0.05, 0) is 0 Å². The largest absolute Gasteiger partial charge is 0.481 e. The van der Waals surface area contributed by atoms with Gasteiger partial charge in [-0.25, -0.2) is 0 Å². The predicted molar refractivity (Wildman–Crippen MR) is 34.1 cm³/mol. The fraction of sp³-hybridized carbons (Fsp3) is 0.600. The number of carboxylic acid groups (broad SMARTS) is 1. The van der Waals surface area contributed by atoms with Crippen LogP contribution in [0.4, 0.5) is 0 Å². The van der Waals surface area contributed by atoms with E-state index in [1.807, 2.05) is 0 Å². The summed E-state index contributed by atoms with van der Waals surface area (Å²) in [6.45, 7) is 1.56. The third kappa shape index (κ3) is 3.76. The van der Waals surface area contributed by atoms with E-state index in [2.05, 4.69) is 0 Å². The Kier molecular flexibility index (Phi) is 3.76. The minimum atomic E-state index is -0.867. The van der Waals surface area contributed by atoms with Crippen molar-refractivity contribution in [1.29, 1.82) is 0 Å². The lowest BCUT2D eigenvalue weighted by Crippen LogP contribution is -2.11. The minimum absolute atomic E-state index is 0.318. The lowest BCUT2D eigenvalue weighted by Gasteiger charge is -1.98. The predicted octanol–water partition coefficient (Wildman–Crippen LogP) is 0.0198. The summed E-state index contributed by atoms with van der Waals surface area (Å²) in [5.41, 5.74) is 0. The second kappa shape index (κ2) is 4.12. The molecule has 0 aromatic rings. The van der Waals surface area contributed by atoms with Gasteiger partial charge < -0.3 is 9.90 Å². The first kappa shape index (κ1) is 8.20. The molecule has 3 nitrogen and oxygen atoms in total. The van der Waals surface area contributed by atoms with Gasteiger partial charge in [0.05, 0.1) is 6.19 Å². The van der Waals surface area contributed by atoms with Gasteiger partial charge in [-0.15, -0.1) is 0 Å². The number of rotatable bonds is 4. The van der Waals surface area contributed by atoms with E-state index in [4.69, 9.17) is 5.11 Å². The topological polar surface area (TPSA) is 54.4 Å². The summed E-state index contributed by atoms with van der Waals surface area (Å²) in [5, 5.41) is 8.27. The molecule has 0 aromatic carbocycles. The lowest BCUT2D eigenvalue weighted by atomic mass is 9.72. The first-order valence-electron chi connectivity index (χ1n) is 2.68. The molecule has 1 N–H and O–H groups in total. The second-order valence-corrected chi connectivity index (χ2v) is 1.85. The van der Waals surface area contributed by atoms with Crippen molar-refractivity contribution < 1.29 is 14.7 Å². The van der Waals surface area contributed by atoms with Crippen LogP contribution >= 0.6 is 0 Å². The Morgan fingerprint density at radius 1 is 1.89 bits per heavy atom. The highest BCUT2D eigenvalue weighted by atomic mass is 16.4. The van der Waals surface area contributed by atoms with Crippen LogP contribution in [0.5, 0.6) is 0 Å². The van der Waals surface area contributed by atoms with Gasteiger partial charge >= 0.3 is 5.97 Å². The summed E-state index contributed by atoms with van der Waals surface area (Å²) in [6, 6.07) is 0. The molecule has 0 aliphatic rings. The number of carboxylic acids is 1. The van der Waals surface area contributed by atoms with Gasteiger partial charge in [0, 0.05) is 5.92 Å². The molecule has 0 heterocycles. The maximum atomic E-state index is 10.1. The summed E-state index contributed by atoms with van der Waals surface area (Å²) >= 11 is 0. The number of hydrogen-bond acceptors (Lipinski definition) is 2. The monoisotopic (exact) mass is 127 g/mol. The molecule has 0 aliphatic carbocycles. The number of aliphatic carboxylic acids is 1. The van der Waals surface area contributed by atoms with Crippen molar-refractivity contribution in [2.45, 2.75) is 13.2 Å². The van der Waals surface area contributed by atoms with E-state index in [9.17, 15) is 9.59 Å². The Morgan fingerprint density at radius 2 is 2.44 bits per heavy atom. The van der Waals surface area contributed by atoms with Gasteiger partial charge in [0.25, 0.3) is 0 Å². The van der Waals surface area contributed by atoms with Gasteiger partial charge in [-0.3, -0.25) is 4.79 Å². The van der Waals surface area contributed by atoms with Crippen LogP contribution in [0.15, 0.2) is 0 Å². The number of carbonyl (C=O) groups excluding carboxylic acids is 1. The Hall–Kier alpha value is -0.795. The van der Waals surface area contributed by atoms with E-state index in [-0.39, 0.29) is 0 Å². The molecular formula is C5H8BO3. The third-order valence-electron chi connectivity index (χ3n) is 1.01. The van der Waals surface area contributed by atoms with Crippen molar-refractivity contribution in [3.05, 3.63) is 0 Å². The van der Waals surface area contributed by atoms with Crippen molar-refractivity contribution >= 4 is 19.4 Å².